The molecule has 23 heavy (non-hydrogen) atoms. The van der Waals surface area contributed by atoms with Gasteiger partial charge in [-0.15, -0.1) is 0 Å². The van der Waals surface area contributed by atoms with Gasteiger partial charge in [-0.05, 0) is 18.2 Å². The van der Waals surface area contributed by atoms with Crippen LogP contribution in [0.15, 0.2) is 24.3 Å². The molecule has 1 aliphatic rings. The van der Waals surface area contributed by atoms with E-state index >= 15 is 0 Å². The Bertz CT molecular complexity index is 649. The highest BCUT2D eigenvalue weighted by molar-refractivity contribution is 6.18. The van der Waals surface area contributed by atoms with Gasteiger partial charge in [0.15, 0.2) is 0 Å². The second-order valence-electron chi connectivity index (χ2n) is 5.24. The third-order valence-electron chi connectivity index (χ3n) is 2.88. The molecule has 1 fully saturated rings. The number of anilines is 1. The molecule has 1 N–H and O–H groups in total. The summed E-state index contributed by atoms with van der Waals surface area (Å²) in [7, 11) is 0. The fourth-order valence-corrected chi connectivity index (χ4v) is 1.92. The maximum atomic E-state index is 12.6. The molecule has 0 aromatic heterocycles. The minimum atomic E-state index is -4.59. The van der Waals surface area contributed by atoms with Gasteiger partial charge >= 0.3 is 18.1 Å². The van der Waals surface area contributed by atoms with Gasteiger partial charge in [0.1, 0.15) is 0 Å². The van der Waals surface area contributed by atoms with Crippen LogP contribution in [0.2, 0.25) is 0 Å². The molecule has 1 amide bonds. The van der Waals surface area contributed by atoms with Gasteiger partial charge in [-0.25, -0.2) is 0 Å². The zero-order valence-electron chi connectivity index (χ0n) is 12.1. The Morgan fingerprint density at radius 1 is 1.17 bits per heavy atom. The molecular weight excluding hydrogens is 319 g/mol. The molecule has 9 heteroatoms. The van der Waals surface area contributed by atoms with Crippen molar-refractivity contribution in [2.24, 2.45) is 5.92 Å². The van der Waals surface area contributed by atoms with E-state index in [1.54, 1.807) is 0 Å². The van der Waals surface area contributed by atoms with Crippen molar-refractivity contribution in [3.63, 3.8) is 0 Å². The molecule has 1 heterocycles. The van der Waals surface area contributed by atoms with Gasteiger partial charge in [0.05, 0.1) is 5.56 Å². The van der Waals surface area contributed by atoms with Gasteiger partial charge in [-0.1, -0.05) is 6.07 Å². The molecule has 1 aliphatic heterocycles. The fraction of sp³-hybridized carbons (Fsp3) is 0.357. The van der Waals surface area contributed by atoms with Gasteiger partial charge in [0.2, 0.25) is 11.8 Å². The zero-order valence-corrected chi connectivity index (χ0v) is 12.1. The van der Waals surface area contributed by atoms with Gasteiger partial charge < -0.3 is 14.8 Å². The monoisotopic (exact) mass is 331 g/mol. The van der Waals surface area contributed by atoms with E-state index in [1.165, 1.54) is 19.9 Å². The van der Waals surface area contributed by atoms with Crippen LogP contribution in [0.5, 0.6) is 0 Å². The molecule has 0 radical (unpaired) electrons. The SMILES string of the molecule is CC1(C)OC(=O)C(C(=O)Nc2cccc(C(F)(F)F)c2)C(=O)O1. The number of nitrogens with one attached hydrogen (secondary N) is 1. The second-order valence-corrected chi connectivity index (χ2v) is 5.24. The van der Waals surface area contributed by atoms with Crippen LogP contribution in [0.1, 0.15) is 19.4 Å². The highest BCUT2D eigenvalue weighted by atomic mass is 19.4. The molecule has 0 aliphatic carbocycles. The number of esters is 2. The predicted molar refractivity (Wildman–Crippen MR) is 69.8 cm³/mol. The quantitative estimate of drug-likeness (QED) is 0.663. The summed E-state index contributed by atoms with van der Waals surface area (Å²) >= 11 is 0. The lowest BCUT2D eigenvalue weighted by Gasteiger charge is -2.32. The predicted octanol–water partition coefficient (Wildman–Crippen LogP) is 2.10. The number of amides is 1. The summed E-state index contributed by atoms with van der Waals surface area (Å²) in [6, 6.07) is 3.78. The summed E-state index contributed by atoms with van der Waals surface area (Å²) in [5.41, 5.74) is -1.19. The van der Waals surface area contributed by atoms with Crippen molar-refractivity contribution in [2.75, 3.05) is 5.32 Å². The lowest BCUT2D eigenvalue weighted by molar-refractivity contribution is -0.238. The Balaban J connectivity index is 2.17. The summed E-state index contributed by atoms with van der Waals surface area (Å²) in [5.74, 6) is -6.78. The molecule has 124 valence electrons. The topological polar surface area (TPSA) is 81.7 Å². The normalized spacial score (nSPS) is 18.1. The summed E-state index contributed by atoms with van der Waals surface area (Å²) in [5, 5.41) is 2.07. The van der Waals surface area contributed by atoms with E-state index in [0.717, 1.165) is 12.1 Å². The highest BCUT2D eigenvalue weighted by Gasteiger charge is 2.47. The molecule has 0 atom stereocenters. The first kappa shape index (κ1) is 16.8. The van der Waals surface area contributed by atoms with E-state index in [2.05, 4.69) is 5.32 Å². The molecule has 0 saturated carbocycles. The number of rotatable bonds is 2. The summed E-state index contributed by atoms with van der Waals surface area (Å²) in [6.45, 7) is 2.62. The zero-order chi connectivity index (χ0) is 17.4. The number of alkyl halides is 3. The van der Waals surface area contributed by atoms with Gasteiger partial charge in [0, 0.05) is 19.5 Å². The van der Waals surface area contributed by atoms with Crippen molar-refractivity contribution in [3.8, 4) is 0 Å². The molecule has 6 nitrogen and oxygen atoms in total. The van der Waals surface area contributed by atoms with E-state index in [9.17, 15) is 27.6 Å². The standard InChI is InChI=1S/C14H12F3NO5/c1-13(2)22-11(20)9(12(21)23-13)10(19)18-8-5-3-4-7(6-8)14(15,16)17/h3-6,9H,1-2H3,(H,18,19). The van der Waals surface area contributed by atoms with E-state index in [0.29, 0.717) is 6.07 Å². The molecule has 0 spiro atoms. The maximum Gasteiger partial charge on any atom is 0.416 e. The van der Waals surface area contributed by atoms with Gasteiger partial charge in [-0.2, -0.15) is 13.2 Å². The number of carbonyl (C=O) groups is 3. The van der Waals surface area contributed by atoms with Crippen LogP contribution in [0, 0.1) is 5.92 Å². The highest BCUT2D eigenvalue weighted by Crippen LogP contribution is 2.31. The van der Waals surface area contributed by atoms with Crippen LogP contribution >= 0.6 is 0 Å². The number of benzene rings is 1. The number of halogens is 3. The molecule has 2 rings (SSSR count). The Hall–Kier alpha value is -2.58. The smallest absolute Gasteiger partial charge is 0.416 e. The minimum Gasteiger partial charge on any atom is -0.422 e. The third kappa shape index (κ3) is 3.79. The van der Waals surface area contributed by atoms with Crippen molar-refractivity contribution in [1.82, 2.24) is 0 Å². The van der Waals surface area contributed by atoms with E-state index in [1.807, 2.05) is 0 Å². The molecular formula is C14H12F3NO5. The Morgan fingerprint density at radius 2 is 1.74 bits per heavy atom. The van der Waals surface area contributed by atoms with Crippen molar-refractivity contribution in [1.29, 1.82) is 0 Å². The van der Waals surface area contributed by atoms with E-state index in [-0.39, 0.29) is 5.69 Å². The summed E-state index contributed by atoms with van der Waals surface area (Å²) in [6.07, 6.45) is -4.59. The van der Waals surface area contributed by atoms with E-state index < -0.39 is 41.3 Å². The fourth-order valence-electron chi connectivity index (χ4n) is 1.92. The molecule has 0 unspecified atom stereocenters. The van der Waals surface area contributed by atoms with Crippen LogP contribution in [0.25, 0.3) is 0 Å². The second kappa shape index (κ2) is 5.56. The number of ether oxygens (including phenoxy) is 2. The first-order chi connectivity index (χ1) is 10.5. The van der Waals surface area contributed by atoms with Crippen molar-refractivity contribution < 1.29 is 37.0 Å². The summed E-state index contributed by atoms with van der Waals surface area (Å²) in [4.78, 5) is 35.4. The Morgan fingerprint density at radius 3 is 2.26 bits per heavy atom. The molecule has 1 aromatic carbocycles. The van der Waals surface area contributed by atoms with Crippen LogP contribution in [0.3, 0.4) is 0 Å². The maximum absolute atomic E-state index is 12.6. The number of carbonyl (C=O) groups excluding carboxylic acids is 3. The summed E-state index contributed by atoms with van der Waals surface area (Å²) < 4.78 is 47.4. The Kier molecular flexibility index (Phi) is 4.06. The van der Waals surface area contributed by atoms with Crippen molar-refractivity contribution in [2.45, 2.75) is 25.8 Å². The van der Waals surface area contributed by atoms with Crippen LogP contribution in [0.4, 0.5) is 18.9 Å². The van der Waals surface area contributed by atoms with Gasteiger partial charge in [0.25, 0.3) is 5.79 Å². The molecule has 1 aromatic rings. The van der Waals surface area contributed by atoms with Crippen LogP contribution in [-0.2, 0) is 30.0 Å². The minimum absolute atomic E-state index is 0.213. The first-order valence-corrected chi connectivity index (χ1v) is 6.43. The Labute approximate surface area is 128 Å². The number of hydrogen-bond acceptors (Lipinski definition) is 5. The molecule has 0 bridgehead atoms. The third-order valence-corrected chi connectivity index (χ3v) is 2.88. The van der Waals surface area contributed by atoms with E-state index in [4.69, 9.17) is 9.47 Å². The number of cyclic esters (lactones) is 2. The van der Waals surface area contributed by atoms with Crippen LogP contribution in [-0.4, -0.2) is 23.6 Å². The molecule has 1 saturated heterocycles. The van der Waals surface area contributed by atoms with Gasteiger partial charge in [-0.3, -0.25) is 14.4 Å². The average Bonchev–Trinajstić information content (AvgIpc) is 2.35. The average molecular weight is 331 g/mol. The van der Waals surface area contributed by atoms with Crippen LogP contribution < -0.4 is 5.32 Å². The lowest BCUT2D eigenvalue weighted by Crippen LogP contribution is -2.50. The number of hydrogen-bond donors (Lipinski definition) is 1. The lowest BCUT2D eigenvalue weighted by atomic mass is 10.1. The largest absolute Gasteiger partial charge is 0.422 e. The first-order valence-electron chi connectivity index (χ1n) is 6.43. The van der Waals surface area contributed by atoms with Crippen molar-refractivity contribution in [3.05, 3.63) is 29.8 Å². The van der Waals surface area contributed by atoms with Crippen molar-refractivity contribution >= 4 is 23.5 Å².